The molecule has 98 valence electrons. The highest BCUT2D eigenvalue weighted by Gasteiger charge is 2.05. The molecule has 0 aliphatic carbocycles. The molecule has 1 nitrogen and oxygen atoms in total. The van der Waals surface area contributed by atoms with Crippen molar-refractivity contribution in [2.75, 3.05) is 0 Å². The van der Waals surface area contributed by atoms with Gasteiger partial charge in [0, 0.05) is 26.8 Å². The zero-order valence-electron chi connectivity index (χ0n) is 11.2. The van der Waals surface area contributed by atoms with E-state index in [9.17, 15) is 0 Å². The summed E-state index contributed by atoms with van der Waals surface area (Å²) in [6, 6.07) is 12.8. The fourth-order valence-corrected chi connectivity index (χ4v) is 2.82. The molecule has 0 aliphatic rings. The maximum atomic E-state index is 6.10. The maximum absolute atomic E-state index is 6.10. The van der Waals surface area contributed by atoms with Crippen molar-refractivity contribution in [2.45, 2.75) is 32.6 Å². The number of fused-ring (bicyclic) bond motifs is 3. The maximum Gasteiger partial charge on any atom is 0.0465 e. The molecular weight excluding hydrogens is 254 g/mol. The Morgan fingerprint density at radius 3 is 2.47 bits per heavy atom. The minimum absolute atomic E-state index is 0.796. The van der Waals surface area contributed by atoms with E-state index in [-0.39, 0.29) is 0 Å². The first kappa shape index (κ1) is 12.6. The van der Waals surface area contributed by atoms with Crippen LogP contribution in [0.2, 0.25) is 5.02 Å². The van der Waals surface area contributed by atoms with Gasteiger partial charge in [-0.25, -0.2) is 0 Å². The van der Waals surface area contributed by atoms with E-state index in [0.717, 1.165) is 17.0 Å². The van der Waals surface area contributed by atoms with Crippen molar-refractivity contribution in [2.24, 2.45) is 0 Å². The van der Waals surface area contributed by atoms with Crippen molar-refractivity contribution >= 4 is 33.4 Å². The molecule has 1 aromatic heterocycles. The molecule has 0 amide bonds. The van der Waals surface area contributed by atoms with Gasteiger partial charge in [-0.1, -0.05) is 37.4 Å². The smallest absolute Gasteiger partial charge is 0.0465 e. The standard InChI is InChI=1S/C17H18ClN/c1-2-3-4-5-12-6-8-16-14(10-12)15-11-13(18)7-9-17(15)19-16/h6-11,19H,2-5H2,1H3. The average Bonchev–Trinajstić information content (AvgIpc) is 2.77. The van der Waals surface area contributed by atoms with Gasteiger partial charge in [0.25, 0.3) is 0 Å². The number of aryl methyl sites for hydroxylation is 1. The fourth-order valence-electron chi connectivity index (χ4n) is 2.65. The van der Waals surface area contributed by atoms with Crippen molar-refractivity contribution in [3.8, 4) is 0 Å². The van der Waals surface area contributed by atoms with Crippen LogP contribution in [0.1, 0.15) is 31.7 Å². The molecule has 0 unspecified atom stereocenters. The summed E-state index contributed by atoms with van der Waals surface area (Å²) in [5, 5.41) is 3.30. The predicted octanol–water partition coefficient (Wildman–Crippen LogP) is 5.71. The van der Waals surface area contributed by atoms with Crippen molar-refractivity contribution in [1.82, 2.24) is 4.98 Å². The number of unbranched alkanes of at least 4 members (excludes halogenated alkanes) is 2. The average molecular weight is 272 g/mol. The third-order valence-electron chi connectivity index (χ3n) is 3.69. The largest absolute Gasteiger partial charge is 0.355 e. The molecule has 0 aliphatic heterocycles. The zero-order chi connectivity index (χ0) is 13.2. The van der Waals surface area contributed by atoms with Crippen molar-refractivity contribution in [3.05, 3.63) is 47.0 Å². The molecule has 0 atom stereocenters. The van der Waals surface area contributed by atoms with Crippen LogP contribution in [-0.2, 0) is 6.42 Å². The van der Waals surface area contributed by atoms with Crippen LogP contribution < -0.4 is 0 Å². The van der Waals surface area contributed by atoms with Gasteiger partial charge in [-0.3, -0.25) is 0 Å². The topological polar surface area (TPSA) is 15.8 Å². The first-order valence-corrected chi connectivity index (χ1v) is 7.35. The molecular formula is C17H18ClN. The van der Waals surface area contributed by atoms with Crippen LogP contribution in [0.15, 0.2) is 36.4 Å². The highest BCUT2D eigenvalue weighted by atomic mass is 35.5. The Bertz CT molecular complexity index is 712. The molecule has 0 fully saturated rings. The zero-order valence-corrected chi connectivity index (χ0v) is 11.9. The predicted molar refractivity (Wildman–Crippen MR) is 84.0 cm³/mol. The highest BCUT2D eigenvalue weighted by molar-refractivity contribution is 6.31. The second-order valence-electron chi connectivity index (χ2n) is 5.15. The first-order chi connectivity index (χ1) is 9.28. The second kappa shape index (κ2) is 5.26. The van der Waals surface area contributed by atoms with Gasteiger partial charge in [0.05, 0.1) is 0 Å². The molecule has 3 aromatic rings. The summed E-state index contributed by atoms with van der Waals surface area (Å²) in [6.45, 7) is 2.24. The number of nitrogens with one attached hydrogen (secondary N) is 1. The van der Waals surface area contributed by atoms with Crippen LogP contribution in [0.3, 0.4) is 0 Å². The van der Waals surface area contributed by atoms with E-state index in [4.69, 9.17) is 11.6 Å². The van der Waals surface area contributed by atoms with Gasteiger partial charge in [0.2, 0.25) is 0 Å². The van der Waals surface area contributed by atoms with Crippen molar-refractivity contribution < 1.29 is 0 Å². The lowest BCUT2D eigenvalue weighted by Crippen LogP contribution is -1.84. The van der Waals surface area contributed by atoms with Gasteiger partial charge in [-0.2, -0.15) is 0 Å². The fraction of sp³-hybridized carbons (Fsp3) is 0.294. The second-order valence-corrected chi connectivity index (χ2v) is 5.59. The van der Waals surface area contributed by atoms with E-state index >= 15 is 0 Å². The lowest BCUT2D eigenvalue weighted by Gasteiger charge is -2.01. The van der Waals surface area contributed by atoms with Crippen LogP contribution in [-0.4, -0.2) is 4.98 Å². The number of halogens is 1. The third-order valence-corrected chi connectivity index (χ3v) is 3.93. The molecule has 3 rings (SSSR count). The van der Waals surface area contributed by atoms with Crippen LogP contribution in [0, 0.1) is 0 Å². The minimum atomic E-state index is 0.796. The molecule has 19 heavy (non-hydrogen) atoms. The molecule has 0 saturated heterocycles. The van der Waals surface area contributed by atoms with Gasteiger partial charge in [0.15, 0.2) is 0 Å². The summed E-state index contributed by atoms with van der Waals surface area (Å²) in [5.41, 5.74) is 3.77. The monoisotopic (exact) mass is 271 g/mol. The lowest BCUT2D eigenvalue weighted by molar-refractivity contribution is 0.718. The SMILES string of the molecule is CCCCCc1ccc2[nH]c3ccc(Cl)cc3c2c1. The Balaban J connectivity index is 2.05. The van der Waals surface area contributed by atoms with Gasteiger partial charge in [0.1, 0.15) is 0 Å². The molecule has 1 N–H and O–H groups in total. The lowest BCUT2D eigenvalue weighted by atomic mass is 10.0. The third kappa shape index (κ3) is 2.48. The Kier molecular flexibility index (Phi) is 3.48. The number of aromatic nitrogens is 1. The Hall–Kier alpha value is -1.47. The van der Waals surface area contributed by atoms with E-state index < -0.39 is 0 Å². The number of rotatable bonds is 4. The van der Waals surface area contributed by atoms with Gasteiger partial charge < -0.3 is 4.98 Å². The molecule has 2 heteroatoms. The van der Waals surface area contributed by atoms with Crippen molar-refractivity contribution in [3.63, 3.8) is 0 Å². The Morgan fingerprint density at radius 1 is 0.947 bits per heavy atom. The number of hydrogen-bond donors (Lipinski definition) is 1. The summed E-state index contributed by atoms with van der Waals surface area (Å²) in [6.07, 6.45) is 5.00. The summed E-state index contributed by atoms with van der Waals surface area (Å²) < 4.78 is 0. The van der Waals surface area contributed by atoms with Crippen LogP contribution in [0.4, 0.5) is 0 Å². The first-order valence-electron chi connectivity index (χ1n) is 6.98. The molecule has 2 aromatic carbocycles. The molecule has 1 heterocycles. The van der Waals surface area contributed by atoms with Gasteiger partial charge in [-0.15, -0.1) is 0 Å². The van der Waals surface area contributed by atoms with Gasteiger partial charge >= 0.3 is 0 Å². The van der Waals surface area contributed by atoms with Crippen LogP contribution >= 0.6 is 11.6 Å². The number of H-pyrrole nitrogens is 1. The number of hydrogen-bond acceptors (Lipinski definition) is 0. The van der Waals surface area contributed by atoms with E-state index in [0.29, 0.717) is 0 Å². The summed E-state index contributed by atoms with van der Waals surface area (Å²) in [4.78, 5) is 3.44. The number of aromatic amines is 1. The van der Waals surface area contributed by atoms with E-state index in [1.54, 1.807) is 0 Å². The molecule has 0 saturated carbocycles. The van der Waals surface area contributed by atoms with Crippen LogP contribution in [0.25, 0.3) is 21.8 Å². The number of benzene rings is 2. The Labute approximate surface area is 118 Å². The normalized spacial score (nSPS) is 11.5. The van der Waals surface area contributed by atoms with E-state index in [1.165, 1.54) is 41.1 Å². The van der Waals surface area contributed by atoms with E-state index in [1.807, 2.05) is 12.1 Å². The summed E-state index contributed by atoms with van der Waals surface area (Å²) in [5.74, 6) is 0. The molecule has 0 bridgehead atoms. The highest BCUT2D eigenvalue weighted by Crippen LogP contribution is 2.28. The Morgan fingerprint density at radius 2 is 1.68 bits per heavy atom. The molecule has 0 spiro atoms. The summed E-state index contributed by atoms with van der Waals surface area (Å²) in [7, 11) is 0. The van der Waals surface area contributed by atoms with Crippen molar-refractivity contribution in [1.29, 1.82) is 0 Å². The summed E-state index contributed by atoms with van der Waals surface area (Å²) >= 11 is 6.10. The minimum Gasteiger partial charge on any atom is -0.355 e. The van der Waals surface area contributed by atoms with E-state index in [2.05, 4.69) is 36.2 Å². The van der Waals surface area contributed by atoms with Gasteiger partial charge in [-0.05, 0) is 48.7 Å². The molecule has 0 radical (unpaired) electrons. The van der Waals surface area contributed by atoms with Crippen LogP contribution in [0.5, 0.6) is 0 Å². The quantitative estimate of drug-likeness (QED) is 0.585.